The lowest BCUT2D eigenvalue weighted by Gasteiger charge is -2.34. The molecule has 68 valence electrons. The zero-order valence-electron chi connectivity index (χ0n) is 7.20. The molecule has 1 N–H and O–H groups in total. The van der Waals surface area contributed by atoms with Crippen molar-refractivity contribution in [2.75, 3.05) is 6.54 Å². The lowest BCUT2D eigenvalue weighted by molar-refractivity contribution is -0.145. The fraction of sp³-hybridized carbons (Fsp3) is 0.889. The average Bonchev–Trinajstić information content (AvgIpc) is 2.49. The Kier molecular flexibility index (Phi) is 2.05. The molecular formula is C9H15NO2. The van der Waals surface area contributed by atoms with Crippen LogP contribution in [0.2, 0.25) is 0 Å². The van der Waals surface area contributed by atoms with Crippen LogP contribution in [0.15, 0.2) is 0 Å². The van der Waals surface area contributed by atoms with Gasteiger partial charge in [-0.1, -0.05) is 0 Å². The van der Waals surface area contributed by atoms with E-state index < -0.39 is 5.97 Å². The highest BCUT2D eigenvalue weighted by Crippen LogP contribution is 2.30. The van der Waals surface area contributed by atoms with Crippen LogP contribution in [-0.4, -0.2) is 34.6 Å². The Labute approximate surface area is 72.4 Å². The van der Waals surface area contributed by atoms with Crippen molar-refractivity contribution in [1.82, 2.24) is 4.90 Å². The summed E-state index contributed by atoms with van der Waals surface area (Å²) >= 11 is 0. The first kappa shape index (κ1) is 8.05. The van der Waals surface area contributed by atoms with Crippen LogP contribution < -0.4 is 0 Å². The highest BCUT2D eigenvalue weighted by molar-refractivity contribution is 5.73. The minimum atomic E-state index is -0.624. The zero-order chi connectivity index (χ0) is 8.55. The molecule has 0 bridgehead atoms. The molecule has 2 saturated heterocycles. The molecule has 2 aliphatic heterocycles. The van der Waals surface area contributed by atoms with Crippen LogP contribution in [0.1, 0.15) is 32.1 Å². The van der Waals surface area contributed by atoms with Crippen molar-refractivity contribution in [1.29, 1.82) is 0 Å². The molecule has 0 radical (unpaired) electrons. The molecular weight excluding hydrogens is 154 g/mol. The number of carbonyl (C=O) groups is 1. The molecule has 0 saturated carbocycles. The van der Waals surface area contributed by atoms with Crippen LogP contribution in [-0.2, 0) is 4.79 Å². The molecule has 2 atom stereocenters. The molecule has 2 aliphatic rings. The van der Waals surface area contributed by atoms with E-state index in [1.165, 1.54) is 19.3 Å². The van der Waals surface area contributed by atoms with Gasteiger partial charge in [0.25, 0.3) is 0 Å². The number of carboxylic acid groups (broad SMARTS) is 1. The van der Waals surface area contributed by atoms with Crippen LogP contribution in [0, 0.1) is 0 Å². The molecule has 0 aliphatic carbocycles. The fourth-order valence-electron chi connectivity index (χ4n) is 2.56. The zero-order valence-corrected chi connectivity index (χ0v) is 7.20. The van der Waals surface area contributed by atoms with Crippen molar-refractivity contribution < 1.29 is 9.90 Å². The molecule has 0 aromatic rings. The van der Waals surface area contributed by atoms with Crippen molar-refractivity contribution in [3.63, 3.8) is 0 Å². The van der Waals surface area contributed by atoms with E-state index in [1.807, 2.05) is 0 Å². The van der Waals surface area contributed by atoms with Crippen LogP contribution in [0.25, 0.3) is 0 Å². The third-order valence-corrected chi connectivity index (χ3v) is 3.12. The molecule has 3 nitrogen and oxygen atoms in total. The first-order valence-corrected chi connectivity index (χ1v) is 4.77. The van der Waals surface area contributed by atoms with Crippen LogP contribution in [0.4, 0.5) is 0 Å². The van der Waals surface area contributed by atoms with E-state index in [2.05, 4.69) is 4.90 Å². The fourth-order valence-corrected chi connectivity index (χ4v) is 2.56. The highest BCUT2D eigenvalue weighted by Gasteiger charge is 2.37. The van der Waals surface area contributed by atoms with Crippen LogP contribution >= 0.6 is 0 Å². The first-order valence-electron chi connectivity index (χ1n) is 4.77. The maximum Gasteiger partial charge on any atom is 0.320 e. The van der Waals surface area contributed by atoms with Gasteiger partial charge in [0.05, 0.1) is 0 Å². The van der Waals surface area contributed by atoms with Gasteiger partial charge in [-0.3, -0.25) is 9.69 Å². The summed E-state index contributed by atoms with van der Waals surface area (Å²) in [5.74, 6) is -0.624. The number of hydrogen-bond acceptors (Lipinski definition) is 2. The third kappa shape index (κ3) is 1.22. The summed E-state index contributed by atoms with van der Waals surface area (Å²) in [6.07, 6.45) is 5.56. The average molecular weight is 169 g/mol. The van der Waals surface area contributed by atoms with Crippen molar-refractivity contribution in [2.45, 2.75) is 44.2 Å². The van der Waals surface area contributed by atoms with E-state index in [0.29, 0.717) is 6.04 Å². The van der Waals surface area contributed by atoms with Crippen LogP contribution in [0.5, 0.6) is 0 Å². The van der Waals surface area contributed by atoms with Gasteiger partial charge >= 0.3 is 5.97 Å². The van der Waals surface area contributed by atoms with Crippen LogP contribution in [0.3, 0.4) is 0 Å². The second-order valence-corrected chi connectivity index (χ2v) is 3.82. The second-order valence-electron chi connectivity index (χ2n) is 3.82. The highest BCUT2D eigenvalue weighted by atomic mass is 16.4. The number of aliphatic carboxylic acids is 1. The van der Waals surface area contributed by atoms with E-state index in [-0.39, 0.29) is 6.04 Å². The van der Waals surface area contributed by atoms with E-state index in [4.69, 9.17) is 5.11 Å². The molecule has 2 fully saturated rings. The minimum Gasteiger partial charge on any atom is -0.480 e. The third-order valence-electron chi connectivity index (χ3n) is 3.12. The van der Waals surface area contributed by atoms with Gasteiger partial charge in [-0.05, 0) is 38.6 Å². The van der Waals surface area contributed by atoms with E-state index in [9.17, 15) is 4.79 Å². The van der Waals surface area contributed by atoms with Crippen molar-refractivity contribution >= 4 is 5.97 Å². The molecule has 0 spiro atoms. The topological polar surface area (TPSA) is 40.5 Å². The number of nitrogens with zero attached hydrogens (tertiary/aromatic N) is 1. The Morgan fingerprint density at radius 1 is 1.25 bits per heavy atom. The predicted octanol–water partition coefficient (Wildman–Crippen LogP) is 1.09. The molecule has 0 unspecified atom stereocenters. The summed E-state index contributed by atoms with van der Waals surface area (Å²) in [4.78, 5) is 13.0. The molecule has 12 heavy (non-hydrogen) atoms. The van der Waals surface area contributed by atoms with Gasteiger partial charge in [-0.25, -0.2) is 0 Å². The Balaban J connectivity index is 2.08. The van der Waals surface area contributed by atoms with E-state index in [0.717, 1.165) is 19.4 Å². The predicted molar refractivity (Wildman–Crippen MR) is 45.0 cm³/mol. The van der Waals surface area contributed by atoms with Crippen molar-refractivity contribution in [3.8, 4) is 0 Å². The van der Waals surface area contributed by atoms with Crippen molar-refractivity contribution in [2.24, 2.45) is 0 Å². The van der Waals surface area contributed by atoms with E-state index >= 15 is 0 Å². The first-order chi connectivity index (χ1) is 5.79. The van der Waals surface area contributed by atoms with Gasteiger partial charge in [0.1, 0.15) is 6.04 Å². The minimum absolute atomic E-state index is 0.175. The van der Waals surface area contributed by atoms with Gasteiger partial charge in [-0.15, -0.1) is 0 Å². The Morgan fingerprint density at radius 2 is 2.00 bits per heavy atom. The number of rotatable bonds is 1. The lowest BCUT2D eigenvalue weighted by atomic mass is 9.97. The maximum absolute atomic E-state index is 10.9. The van der Waals surface area contributed by atoms with Gasteiger partial charge in [-0.2, -0.15) is 0 Å². The van der Waals surface area contributed by atoms with E-state index in [1.54, 1.807) is 0 Å². The number of piperidine rings is 1. The Morgan fingerprint density at radius 3 is 2.75 bits per heavy atom. The normalized spacial score (nSPS) is 36.3. The standard InChI is InChI=1S/C9H15NO2/c11-9(12)8-5-1-3-7-4-2-6-10(7)8/h7-8H,1-6H2,(H,11,12)/t7-,8-/m1/s1. The SMILES string of the molecule is O=C(O)[C@H]1CCC[C@@H]2CCCN21. The Bertz CT molecular complexity index is 193. The molecule has 0 aromatic heterocycles. The summed E-state index contributed by atoms with van der Waals surface area (Å²) in [7, 11) is 0. The summed E-state index contributed by atoms with van der Waals surface area (Å²) < 4.78 is 0. The molecule has 0 amide bonds. The number of carboxylic acids is 1. The number of hydrogen-bond donors (Lipinski definition) is 1. The lowest BCUT2D eigenvalue weighted by Crippen LogP contribution is -2.46. The summed E-state index contributed by atoms with van der Waals surface area (Å²) in [6.45, 7) is 1.00. The monoisotopic (exact) mass is 169 g/mol. The maximum atomic E-state index is 10.9. The molecule has 2 rings (SSSR count). The number of fused-ring (bicyclic) bond motifs is 1. The summed E-state index contributed by atoms with van der Waals surface area (Å²) in [5, 5.41) is 8.94. The van der Waals surface area contributed by atoms with Gasteiger partial charge in [0.15, 0.2) is 0 Å². The van der Waals surface area contributed by atoms with Gasteiger partial charge in [0, 0.05) is 6.04 Å². The summed E-state index contributed by atoms with van der Waals surface area (Å²) in [6, 6.07) is 0.408. The smallest absolute Gasteiger partial charge is 0.320 e. The molecule has 0 aromatic carbocycles. The molecule has 3 heteroatoms. The van der Waals surface area contributed by atoms with Gasteiger partial charge < -0.3 is 5.11 Å². The molecule has 2 heterocycles. The van der Waals surface area contributed by atoms with Crippen molar-refractivity contribution in [3.05, 3.63) is 0 Å². The summed E-state index contributed by atoms with van der Waals surface area (Å²) in [5.41, 5.74) is 0. The van der Waals surface area contributed by atoms with Gasteiger partial charge in [0.2, 0.25) is 0 Å². The largest absolute Gasteiger partial charge is 0.480 e. The quantitative estimate of drug-likeness (QED) is 0.638. The Hall–Kier alpha value is -0.570. The second kappa shape index (κ2) is 3.05.